The summed E-state index contributed by atoms with van der Waals surface area (Å²) in [5.74, 6) is -0.278. The minimum atomic E-state index is -0.225. The van der Waals surface area contributed by atoms with Crippen molar-refractivity contribution in [3.63, 3.8) is 0 Å². The number of aryl methyl sites for hydroxylation is 1. The number of carbonyl (C=O) groups is 2. The lowest BCUT2D eigenvalue weighted by Crippen LogP contribution is -2.35. The summed E-state index contributed by atoms with van der Waals surface area (Å²) in [7, 11) is 0. The van der Waals surface area contributed by atoms with Gasteiger partial charge in [0.2, 0.25) is 5.91 Å². The highest BCUT2D eigenvalue weighted by atomic mass is 16.2. The fraction of sp³-hybridized carbons (Fsp3) is 0.333. The SMILES string of the molecule is Cc1cc(C(=O)Nc2cnn(CC(=O)NC3CCCC3)c2)c2ccccc2n1. The van der Waals surface area contributed by atoms with Gasteiger partial charge in [0.05, 0.1) is 23.0 Å². The van der Waals surface area contributed by atoms with Crippen molar-refractivity contribution in [2.45, 2.75) is 45.2 Å². The Morgan fingerprint density at radius 3 is 2.82 bits per heavy atom. The van der Waals surface area contributed by atoms with Gasteiger partial charge in [-0.2, -0.15) is 5.10 Å². The van der Waals surface area contributed by atoms with Crippen LogP contribution in [0.25, 0.3) is 10.9 Å². The van der Waals surface area contributed by atoms with E-state index in [4.69, 9.17) is 0 Å². The third kappa shape index (κ3) is 4.03. The molecule has 28 heavy (non-hydrogen) atoms. The summed E-state index contributed by atoms with van der Waals surface area (Å²) < 4.78 is 1.54. The highest BCUT2D eigenvalue weighted by Gasteiger charge is 2.18. The molecular weight excluding hydrogens is 354 g/mol. The van der Waals surface area contributed by atoms with Gasteiger partial charge in [0.25, 0.3) is 5.91 Å². The fourth-order valence-corrected chi connectivity index (χ4v) is 3.70. The number of pyridine rings is 1. The van der Waals surface area contributed by atoms with Crippen molar-refractivity contribution >= 4 is 28.4 Å². The standard InChI is InChI=1S/C21H23N5O2/c1-14-10-18(17-8-4-5-9-19(17)23-14)21(28)25-16-11-22-26(12-16)13-20(27)24-15-6-2-3-7-15/h4-5,8-12,15H,2-3,6-7,13H2,1H3,(H,24,27)(H,25,28). The second-order valence-corrected chi connectivity index (χ2v) is 7.26. The average Bonchev–Trinajstić information content (AvgIpc) is 3.33. The number of hydrogen-bond donors (Lipinski definition) is 2. The Hall–Kier alpha value is -3.22. The molecule has 3 aromatic rings. The van der Waals surface area contributed by atoms with Gasteiger partial charge in [-0.15, -0.1) is 0 Å². The van der Waals surface area contributed by atoms with Crippen LogP contribution in [-0.4, -0.2) is 32.6 Å². The first-order valence-electron chi connectivity index (χ1n) is 9.58. The Kier molecular flexibility index (Phi) is 5.06. The molecule has 0 spiro atoms. The highest BCUT2D eigenvalue weighted by molar-refractivity contribution is 6.12. The molecule has 1 fully saturated rings. The molecule has 0 saturated heterocycles. The van der Waals surface area contributed by atoms with Crippen LogP contribution in [-0.2, 0) is 11.3 Å². The van der Waals surface area contributed by atoms with Crippen LogP contribution >= 0.6 is 0 Å². The number of aromatic nitrogens is 3. The van der Waals surface area contributed by atoms with E-state index in [9.17, 15) is 9.59 Å². The molecule has 1 aliphatic rings. The van der Waals surface area contributed by atoms with E-state index in [0.717, 1.165) is 29.4 Å². The zero-order valence-electron chi connectivity index (χ0n) is 15.8. The van der Waals surface area contributed by atoms with Crippen molar-refractivity contribution in [2.75, 3.05) is 5.32 Å². The third-order valence-electron chi connectivity index (χ3n) is 5.01. The maximum Gasteiger partial charge on any atom is 0.256 e. The molecule has 1 aliphatic carbocycles. The second-order valence-electron chi connectivity index (χ2n) is 7.26. The Bertz CT molecular complexity index is 1020. The molecule has 2 amide bonds. The van der Waals surface area contributed by atoms with E-state index in [2.05, 4.69) is 20.7 Å². The minimum Gasteiger partial charge on any atom is -0.352 e. The van der Waals surface area contributed by atoms with Crippen LogP contribution in [0, 0.1) is 6.92 Å². The number of amides is 2. The zero-order chi connectivity index (χ0) is 19.5. The molecule has 0 radical (unpaired) electrons. The molecule has 7 heteroatoms. The summed E-state index contributed by atoms with van der Waals surface area (Å²) in [5.41, 5.74) is 2.68. The number of hydrogen-bond acceptors (Lipinski definition) is 4. The van der Waals surface area contributed by atoms with Crippen molar-refractivity contribution in [3.8, 4) is 0 Å². The van der Waals surface area contributed by atoms with Gasteiger partial charge in [0.15, 0.2) is 0 Å². The first kappa shape index (κ1) is 18.2. The van der Waals surface area contributed by atoms with Crippen LogP contribution in [0.15, 0.2) is 42.7 Å². The number of para-hydroxylation sites is 1. The summed E-state index contributed by atoms with van der Waals surface area (Å²) in [5, 5.41) is 10.9. The van der Waals surface area contributed by atoms with E-state index in [1.165, 1.54) is 17.5 Å². The molecule has 2 heterocycles. The number of nitrogens with one attached hydrogen (secondary N) is 2. The lowest BCUT2D eigenvalue weighted by molar-refractivity contribution is -0.122. The Morgan fingerprint density at radius 2 is 2.00 bits per heavy atom. The van der Waals surface area contributed by atoms with Crippen LogP contribution in [0.5, 0.6) is 0 Å². The van der Waals surface area contributed by atoms with Gasteiger partial charge in [0, 0.05) is 23.3 Å². The average molecular weight is 377 g/mol. The van der Waals surface area contributed by atoms with Crippen LogP contribution < -0.4 is 10.6 Å². The number of rotatable bonds is 5. The number of nitrogens with zero attached hydrogens (tertiary/aromatic N) is 3. The highest BCUT2D eigenvalue weighted by Crippen LogP contribution is 2.20. The van der Waals surface area contributed by atoms with Crippen molar-refractivity contribution in [2.24, 2.45) is 0 Å². The summed E-state index contributed by atoms with van der Waals surface area (Å²) in [6, 6.07) is 9.62. The topological polar surface area (TPSA) is 88.9 Å². The molecule has 1 saturated carbocycles. The first-order chi connectivity index (χ1) is 13.6. The molecule has 0 unspecified atom stereocenters. The maximum atomic E-state index is 12.8. The summed E-state index contributed by atoms with van der Waals surface area (Å²) in [6.07, 6.45) is 7.66. The number of carbonyl (C=O) groups excluding carboxylic acids is 2. The van der Waals surface area contributed by atoms with Crippen molar-refractivity contribution in [1.29, 1.82) is 0 Å². The van der Waals surface area contributed by atoms with E-state index in [1.54, 1.807) is 18.5 Å². The van der Waals surface area contributed by atoms with Crippen LogP contribution in [0.2, 0.25) is 0 Å². The van der Waals surface area contributed by atoms with E-state index >= 15 is 0 Å². The molecule has 4 rings (SSSR count). The van der Waals surface area contributed by atoms with Gasteiger partial charge in [-0.25, -0.2) is 0 Å². The Labute approximate surface area is 163 Å². The summed E-state index contributed by atoms with van der Waals surface area (Å²) >= 11 is 0. The van der Waals surface area contributed by atoms with E-state index < -0.39 is 0 Å². The monoisotopic (exact) mass is 377 g/mol. The molecule has 7 nitrogen and oxygen atoms in total. The predicted molar refractivity (Wildman–Crippen MR) is 107 cm³/mol. The Balaban J connectivity index is 1.44. The summed E-state index contributed by atoms with van der Waals surface area (Å²) in [4.78, 5) is 29.4. The van der Waals surface area contributed by atoms with Gasteiger partial charge < -0.3 is 10.6 Å². The molecule has 0 bridgehead atoms. The predicted octanol–water partition coefficient (Wildman–Crippen LogP) is 3.05. The first-order valence-corrected chi connectivity index (χ1v) is 9.58. The lowest BCUT2D eigenvalue weighted by Gasteiger charge is -2.11. The molecule has 1 aromatic carbocycles. The number of anilines is 1. The molecular formula is C21H23N5O2. The van der Waals surface area contributed by atoms with Crippen molar-refractivity contribution < 1.29 is 9.59 Å². The molecule has 0 atom stereocenters. The van der Waals surface area contributed by atoms with Gasteiger partial charge in [-0.1, -0.05) is 31.0 Å². The zero-order valence-corrected chi connectivity index (χ0v) is 15.8. The number of benzene rings is 1. The van der Waals surface area contributed by atoms with Crippen LogP contribution in [0.1, 0.15) is 41.7 Å². The lowest BCUT2D eigenvalue weighted by atomic mass is 10.1. The molecule has 2 N–H and O–H groups in total. The van der Waals surface area contributed by atoms with E-state index in [-0.39, 0.29) is 24.4 Å². The van der Waals surface area contributed by atoms with Gasteiger partial charge in [-0.05, 0) is 31.9 Å². The van der Waals surface area contributed by atoms with Crippen LogP contribution in [0.4, 0.5) is 5.69 Å². The van der Waals surface area contributed by atoms with E-state index in [1.807, 2.05) is 31.2 Å². The maximum absolute atomic E-state index is 12.8. The number of fused-ring (bicyclic) bond motifs is 1. The van der Waals surface area contributed by atoms with Gasteiger partial charge in [-0.3, -0.25) is 19.3 Å². The van der Waals surface area contributed by atoms with Crippen LogP contribution in [0.3, 0.4) is 0 Å². The van der Waals surface area contributed by atoms with Gasteiger partial charge in [0.1, 0.15) is 6.54 Å². The summed E-state index contributed by atoms with van der Waals surface area (Å²) in [6.45, 7) is 2.01. The molecule has 144 valence electrons. The normalized spacial score (nSPS) is 14.3. The van der Waals surface area contributed by atoms with Crippen molar-refractivity contribution in [1.82, 2.24) is 20.1 Å². The third-order valence-corrected chi connectivity index (χ3v) is 5.01. The van der Waals surface area contributed by atoms with Gasteiger partial charge >= 0.3 is 0 Å². The largest absolute Gasteiger partial charge is 0.352 e. The smallest absolute Gasteiger partial charge is 0.256 e. The quantitative estimate of drug-likeness (QED) is 0.715. The minimum absolute atomic E-state index is 0.0522. The van der Waals surface area contributed by atoms with Crippen molar-refractivity contribution in [3.05, 3.63) is 54.0 Å². The molecule has 0 aliphatic heterocycles. The van der Waals surface area contributed by atoms with E-state index in [0.29, 0.717) is 11.3 Å². The Morgan fingerprint density at radius 1 is 1.21 bits per heavy atom. The molecule has 2 aromatic heterocycles. The second kappa shape index (κ2) is 7.80. The fourth-order valence-electron chi connectivity index (χ4n) is 3.70.